The summed E-state index contributed by atoms with van der Waals surface area (Å²) in [6, 6.07) is 3.63. The van der Waals surface area contributed by atoms with Gasteiger partial charge in [-0.25, -0.2) is 19.6 Å². The molecule has 0 unspecified atom stereocenters. The molecule has 5 N–H and O–H groups in total. The normalized spacial score (nSPS) is 20.5. The van der Waals surface area contributed by atoms with Gasteiger partial charge in [-0.1, -0.05) is 53.4 Å². The fourth-order valence-corrected chi connectivity index (χ4v) is 7.09. The van der Waals surface area contributed by atoms with Crippen molar-refractivity contribution in [1.82, 2.24) is 40.4 Å². The Morgan fingerprint density at radius 1 is 0.815 bits per heavy atom. The molecule has 2 fully saturated rings. The average molecular weight is 739 g/mol. The number of aromatic amines is 2. The topological polar surface area (TPSA) is 186 Å². The molecular weight excluding hydrogens is 688 g/mol. The first kappa shape index (κ1) is 39.4. The number of hydrogen-bond acceptors (Lipinski definition) is 7. The lowest BCUT2D eigenvalue weighted by Crippen LogP contribution is -2.51. The molecule has 4 heterocycles. The van der Waals surface area contributed by atoms with Crippen molar-refractivity contribution in [3.8, 4) is 23.7 Å². The van der Waals surface area contributed by atoms with Gasteiger partial charge >= 0.3 is 12.2 Å². The number of hydrogen-bond donors (Lipinski definition) is 5. The molecule has 2 aliphatic heterocycles. The molecule has 1 aromatic carbocycles. The van der Waals surface area contributed by atoms with Crippen LogP contribution in [0.4, 0.5) is 9.59 Å². The summed E-state index contributed by atoms with van der Waals surface area (Å²) < 4.78 is 4.75. The van der Waals surface area contributed by atoms with Gasteiger partial charge < -0.3 is 40.2 Å². The van der Waals surface area contributed by atoms with Crippen LogP contribution in [-0.4, -0.2) is 91.1 Å². The summed E-state index contributed by atoms with van der Waals surface area (Å²) in [6.45, 7) is 14.6. The minimum absolute atomic E-state index is 0.129. The van der Waals surface area contributed by atoms with E-state index in [1.54, 1.807) is 22.2 Å². The number of imidazole rings is 2. The Balaban J connectivity index is 1.26. The van der Waals surface area contributed by atoms with Gasteiger partial charge in [0.2, 0.25) is 11.8 Å². The van der Waals surface area contributed by atoms with Crippen molar-refractivity contribution < 1.29 is 29.0 Å². The Hall–Kier alpha value is -5.76. The number of aromatic nitrogens is 4. The fourth-order valence-electron chi connectivity index (χ4n) is 7.09. The molecule has 54 heavy (non-hydrogen) atoms. The van der Waals surface area contributed by atoms with Crippen LogP contribution in [0.5, 0.6) is 0 Å². The van der Waals surface area contributed by atoms with Crippen LogP contribution >= 0.6 is 0 Å². The Labute approximate surface area is 316 Å². The minimum Gasteiger partial charge on any atom is -0.465 e. The second-order valence-corrected chi connectivity index (χ2v) is 15.1. The van der Waals surface area contributed by atoms with Crippen molar-refractivity contribution in [3.05, 3.63) is 70.3 Å². The zero-order valence-corrected chi connectivity index (χ0v) is 32.1. The van der Waals surface area contributed by atoms with Gasteiger partial charge in [0.15, 0.2) is 0 Å². The third-order valence-corrected chi connectivity index (χ3v) is 9.90. The zero-order valence-electron chi connectivity index (χ0n) is 32.1. The first-order chi connectivity index (χ1) is 25.6. The van der Waals surface area contributed by atoms with Crippen LogP contribution in [-0.2, 0) is 14.3 Å². The molecule has 3 aromatic rings. The van der Waals surface area contributed by atoms with Crippen LogP contribution in [0.1, 0.15) is 106 Å². The number of carboxylic acid groups (broad SMARTS) is 1. The first-order valence-electron chi connectivity index (χ1n) is 18.3. The molecule has 0 saturated carbocycles. The van der Waals surface area contributed by atoms with E-state index in [1.807, 2.05) is 52.8 Å². The number of H-pyrrole nitrogens is 2. The number of ether oxygens (including phenoxy) is 1. The number of amides is 4. The molecule has 0 spiro atoms. The lowest BCUT2D eigenvalue weighted by molar-refractivity contribution is -0.136. The van der Waals surface area contributed by atoms with Crippen molar-refractivity contribution in [2.24, 2.45) is 23.7 Å². The predicted octanol–water partition coefficient (Wildman–Crippen LogP) is 4.73. The highest BCUT2D eigenvalue weighted by Crippen LogP contribution is 2.36. The van der Waals surface area contributed by atoms with E-state index in [2.05, 4.69) is 58.1 Å². The Kier molecular flexibility index (Phi) is 12.4. The van der Waals surface area contributed by atoms with Crippen molar-refractivity contribution in [2.75, 3.05) is 20.2 Å². The molecule has 0 bridgehead atoms. The number of carbonyl (C=O) groups excluding carboxylic acids is 3. The molecule has 14 nitrogen and oxygen atoms in total. The second-order valence-electron chi connectivity index (χ2n) is 15.1. The van der Waals surface area contributed by atoms with Crippen LogP contribution in [0.15, 0.2) is 30.6 Å². The van der Waals surface area contributed by atoms with Crippen molar-refractivity contribution in [3.63, 3.8) is 0 Å². The summed E-state index contributed by atoms with van der Waals surface area (Å²) in [5.74, 6) is 13.6. The monoisotopic (exact) mass is 738 g/mol. The number of benzene rings is 1. The van der Waals surface area contributed by atoms with E-state index >= 15 is 0 Å². The molecule has 0 radical (unpaired) electrons. The average Bonchev–Trinajstić information content (AvgIpc) is 3.94. The van der Waals surface area contributed by atoms with E-state index in [0.717, 1.165) is 23.1 Å². The van der Waals surface area contributed by atoms with Gasteiger partial charge in [0.05, 0.1) is 19.2 Å². The number of methoxy groups -OCH3 is 1. The van der Waals surface area contributed by atoms with Crippen LogP contribution in [0, 0.1) is 54.3 Å². The third-order valence-electron chi connectivity index (χ3n) is 9.90. The smallest absolute Gasteiger partial charge is 0.407 e. The highest BCUT2D eigenvalue weighted by atomic mass is 16.5. The summed E-state index contributed by atoms with van der Waals surface area (Å²) in [4.78, 5) is 69.6. The number of aryl methyl sites for hydroxylation is 1. The lowest BCUT2D eigenvalue weighted by Gasteiger charge is -2.30. The summed E-state index contributed by atoms with van der Waals surface area (Å²) >= 11 is 0. The van der Waals surface area contributed by atoms with E-state index in [9.17, 15) is 24.3 Å². The molecule has 4 amide bonds. The number of nitrogens with zero attached hydrogens (tertiary/aromatic N) is 4. The SMILES string of the molecule is COC(=O)N[C@H](C(=O)N1C[C@@H](C)C[C@H]1c1nc(C#Cc2ccc(C#Cc3c[nH]c([C@@H]4C[C@H](C)CN4C(=O)[C@@H](NC(=O)O)C(C)C)n3)c(C)c2)c[nH]1)C(C)C. The van der Waals surface area contributed by atoms with Gasteiger partial charge in [0.25, 0.3) is 0 Å². The third kappa shape index (κ3) is 9.23. The van der Waals surface area contributed by atoms with Gasteiger partial charge in [0.1, 0.15) is 35.1 Å². The maximum atomic E-state index is 13.6. The Morgan fingerprint density at radius 2 is 1.31 bits per heavy atom. The van der Waals surface area contributed by atoms with Gasteiger partial charge in [-0.15, -0.1) is 0 Å². The number of alkyl carbamates (subject to hydrolysis) is 1. The molecule has 14 heteroatoms. The van der Waals surface area contributed by atoms with E-state index in [4.69, 9.17) is 14.7 Å². The van der Waals surface area contributed by atoms with E-state index in [1.165, 1.54) is 7.11 Å². The molecule has 0 aliphatic carbocycles. The first-order valence-corrected chi connectivity index (χ1v) is 18.3. The highest BCUT2D eigenvalue weighted by molar-refractivity contribution is 5.87. The lowest BCUT2D eigenvalue weighted by atomic mass is 10.0. The largest absolute Gasteiger partial charge is 0.465 e. The van der Waals surface area contributed by atoms with Gasteiger partial charge in [-0.05, 0) is 79.0 Å². The number of nitrogens with one attached hydrogen (secondary N) is 4. The summed E-state index contributed by atoms with van der Waals surface area (Å²) in [5, 5.41) is 14.3. The zero-order chi connectivity index (χ0) is 39.3. The number of likely N-dealkylation sites (tertiary alicyclic amines) is 2. The predicted molar refractivity (Wildman–Crippen MR) is 201 cm³/mol. The molecular formula is C40H50N8O6. The van der Waals surface area contributed by atoms with Crippen LogP contribution in [0.2, 0.25) is 0 Å². The van der Waals surface area contributed by atoms with Crippen LogP contribution < -0.4 is 10.6 Å². The molecule has 2 aromatic heterocycles. The molecule has 5 rings (SSSR count). The summed E-state index contributed by atoms with van der Waals surface area (Å²) in [7, 11) is 1.28. The van der Waals surface area contributed by atoms with Crippen molar-refractivity contribution in [1.29, 1.82) is 0 Å². The van der Waals surface area contributed by atoms with Crippen molar-refractivity contribution >= 4 is 24.0 Å². The van der Waals surface area contributed by atoms with Crippen LogP contribution in [0.25, 0.3) is 0 Å². The van der Waals surface area contributed by atoms with E-state index in [-0.39, 0.29) is 47.6 Å². The number of carbonyl (C=O) groups is 4. The molecule has 286 valence electrons. The Morgan fingerprint density at radius 3 is 1.78 bits per heavy atom. The molecule has 2 aliphatic rings. The van der Waals surface area contributed by atoms with Gasteiger partial charge in [-0.2, -0.15) is 0 Å². The standard InChI is InChI=1S/C40H50N8O6/c1-22(2)33(45-39(51)52)37(49)47-20-24(5)15-31(47)36-42-19-30(44-36)14-12-28-11-9-27(17-26(28)7)10-13-29-18-41-35(43-29)32-16-25(6)21-48(32)38(50)34(23(3)4)46-40(53)54-8/h9,11,17-19,22-25,31-34,45H,15-16,20-21H2,1-8H3,(H,41,43)(H,42,44)(H,46,53)(H,51,52)/t24-,25-,31-,32-,33-,34-/m0/s1. The maximum absolute atomic E-state index is 13.6. The van der Waals surface area contributed by atoms with Gasteiger partial charge in [-0.3, -0.25) is 9.59 Å². The number of rotatable bonds is 8. The minimum atomic E-state index is -1.23. The van der Waals surface area contributed by atoms with Crippen LogP contribution in [0.3, 0.4) is 0 Å². The van der Waals surface area contributed by atoms with Gasteiger partial charge in [0, 0.05) is 36.6 Å². The second kappa shape index (κ2) is 16.9. The summed E-state index contributed by atoms with van der Waals surface area (Å²) in [6.07, 6.45) is 3.03. The quantitative estimate of drug-likeness (QED) is 0.205. The fraction of sp³-hybridized carbons (Fsp3) is 0.500. The highest BCUT2D eigenvalue weighted by Gasteiger charge is 2.41. The maximum Gasteiger partial charge on any atom is 0.407 e. The van der Waals surface area contributed by atoms with Crippen molar-refractivity contribution in [2.45, 2.75) is 85.5 Å². The Bertz CT molecular complexity index is 1990. The molecule has 6 atom stereocenters. The summed E-state index contributed by atoms with van der Waals surface area (Å²) in [5.41, 5.74) is 3.64. The molecule has 2 saturated heterocycles. The van der Waals surface area contributed by atoms with E-state index in [0.29, 0.717) is 42.5 Å². The van der Waals surface area contributed by atoms with E-state index < -0.39 is 24.3 Å².